The molecule has 0 bridgehead atoms. The van der Waals surface area contributed by atoms with Gasteiger partial charge in [-0.05, 0) is 37.6 Å². The van der Waals surface area contributed by atoms with Crippen molar-refractivity contribution in [3.05, 3.63) is 58.1 Å². The number of aryl methyl sites for hydroxylation is 2. The van der Waals surface area contributed by atoms with Crippen LogP contribution in [-0.2, 0) is 5.88 Å². The van der Waals surface area contributed by atoms with E-state index >= 15 is 0 Å². The molecule has 0 amide bonds. The summed E-state index contributed by atoms with van der Waals surface area (Å²) in [6.07, 6.45) is 0. The average Bonchev–Trinajstić information content (AvgIpc) is 2.36. The Balaban J connectivity index is 2.36. The second-order valence-electron chi connectivity index (χ2n) is 4.26. The molecule has 0 heterocycles. The third-order valence-corrected chi connectivity index (χ3v) is 3.25. The van der Waals surface area contributed by atoms with Gasteiger partial charge in [0.05, 0.1) is 5.88 Å². The van der Waals surface area contributed by atoms with E-state index in [0.717, 1.165) is 22.6 Å². The molecule has 2 aromatic rings. The highest BCUT2D eigenvalue weighted by atomic mass is 35.5. The first kappa shape index (κ1) is 13.3. The highest BCUT2D eigenvalue weighted by Crippen LogP contribution is 2.31. The number of benzene rings is 2. The summed E-state index contributed by atoms with van der Waals surface area (Å²) >= 11 is 11.9. The van der Waals surface area contributed by atoms with E-state index in [0.29, 0.717) is 10.9 Å². The zero-order valence-corrected chi connectivity index (χ0v) is 11.8. The molecule has 3 heteroatoms. The van der Waals surface area contributed by atoms with Crippen LogP contribution in [0.2, 0.25) is 5.02 Å². The SMILES string of the molecule is Cc1ccc(Oc2cc(Cl)ccc2C)c(CCl)c1. The van der Waals surface area contributed by atoms with E-state index in [1.54, 1.807) is 0 Å². The predicted octanol–water partition coefficient (Wildman–Crippen LogP) is 5.49. The molecule has 18 heavy (non-hydrogen) atoms. The summed E-state index contributed by atoms with van der Waals surface area (Å²) in [5, 5.41) is 0.662. The lowest BCUT2D eigenvalue weighted by atomic mass is 10.1. The summed E-state index contributed by atoms with van der Waals surface area (Å²) in [5.74, 6) is 1.97. The van der Waals surface area contributed by atoms with Crippen molar-refractivity contribution in [1.82, 2.24) is 0 Å². The topological polar surface area (TPSA) is 9.23 Å². The molecule has 0 unspecified atom stereocenters. The zero-order valence-electron chi connectivity index (χ0n) is 10.3. The largest absolute Gasteiger partial charge is 0.457 e. The van der Waals surface area contributed by atoms with Crippen molar-refractivity contribution < 1.29 is 4.74 Å². The molecular weight excluding hydrogens is 267 g/mol. The zero-order chi connectivity index (χ0) is 13.1. The van der Waals surface area contributed by atoms with Crippen LogP contribution in [0.1, 0.15) is 16.7 Å². The monoisotopic (exact) mass is 280 g/mol. The molecule has 0 atom stereocenters. The molecule has 94 valence electrons. The molecule has 0 aromatic heterocycles. The van der Waals surface area contributed by atoms with Crippen LogP contribution in [0.4, 0.5) is 0 Å². The molecule has 0 N–H and O–H groups in total. The molecule has 0 radical (unpaired) electrons. The van der Waals surface area contributed by atoms with Gasteiger partial charge in [0, 0.05) is 10.6 Å². The minimum Gasteiger partial charge on any atom is -0.457 e. The summed E-state index contributed by atoms with van der Waals surface area (Å²) in [6.45, 7) is 4.02. The smallest absolute Gasteiger partial charge is 0.131 e. The van der Waals surface area contributed by atoms with Crippen LogP contribution >= 0.6 is 23.2 Å². The van der Waals surface area contributed by atoms with Gasteiger partial charge in [-0.2, -0.15) is 0 Å². The van der Waals surface area contributed by atoms with E-state index in [9.17, 15) is 0 Å². The predicted molar refractivity (Wildman–Crippen MR) is 77.0 cm³/mol. The quantitative estimate of drug-likeness (QED) is 0.676. The highest BCUT2D eigenvalue weighted by Gasteiger charge is 2.07. The lowest BCUT2D eigenvalue weighted by Gasteiger charge is -2.12. The van der Waals surface area contributed by atoms with Crippen LogP contribution in [0.3, 0.4) is 0 Å². The van der Waals surface area contributed by atoms with Gasteiger partial charge in [0.25, 0.3) is 0 Å². The van der Waals surface area contributed by atoms with Crippen LogP contribution in [0.25, 0.3) is 0 Å². The fraction of sp³-hybridized carbons (Fsp3) is 0.200. The number of alkyl halides is 1. The van der Waals surface area contributed by atoms with Gasteiger partial charge < -0.3 is 4.74 Å². The second-order valence-corrected chi connectivity index (χ2v) is 4.96. The maximum atomic E-state index is 5.98. The summed E-state index contributed by atoms with van der Waals surface area (Å²) < 4.78 is 5.90. The fourth-order valence-corrected chi connectivity index (χ4v) is 2.09. The Bertz CT molecular complexity index is 564. The van der Waals surface area contributed by atoms with Crippen LogP contribution < -0.4 is 4.74 Å². The number of rotatable bonds is 3. The molecule has 0 spiro atoms. The van der Waals surface area contributed by atoms with E-state index in [1.165, 1.54) is 5.56 Å². The van der Waals surface area contributed by atoms with Gasteiger partial charge in [-0.15, -0.1) is 11.6 Å². The van der Waals surface area contributed by atoms with Gasteiger partial charge in [0.15, 0.2) is 0 Å². The minimum absolute atomic E-state index is 0.427. The van der Waals surface area contributed by atoms with E-state index < -0.39 is 0 Å². The van der Waals surface area contributed by atoms with Crippen molar-refractivity contribution in [2.75, 3.05) is 0 Å². The summed E-state index contributed by atoms with van der Waals surface area (Å²) in [6, 6.07) is 11.6. The normalized spacial score (nSPS) is 10.4. The Labute approximate surface area is 117 Å². The molecular formula is C15H14Cl2O. The molecule has 0 aliphatic carbocycles. The van der Waals surface area contributed by atoms with Gasteiger partial charge in [-0.3, -0.25) is 0 Å². The number of ether oxygens (including phenoxy) is 1. The third-order valence-electron chi connectivity index (χ3n) is 2.73. The van der Waals surface area contributed by atoms with E-state index in [-0.39, 0.29) is 0 Å². The van der Waals surface area contributed by atoms with Gasteiger partial charge in [-0.1, -0.05) is 35.4 Å². The first-order valence-corrected chi connectivity index (χ1v) is 6.61. The van der Waals surface area contributed by atoms with Gasteiger partial charge in [0.1, 0.15) is 11.5 Å². The average molecular weight is 281 g/mol. The van der Waals surface area contributed by atoms with Crippen molar-refractivity contribution in [3.8, 4) is 11.5 Å². The molecule has 0 saturated carbocycles. The first-order valence-electron chi connectivity index (χ1n) is 5.69. The standard InChI is InChI=1S/C15H14Cl2O/c1-10-3-6-14(12(7-10)9-16)18-15-8-13(17)5-4-11(15)2/h3-8H,9H2,1-2H3. The maximum absolute atomic E-state index is 5.98. The number of hydrogen-bond acceptors (Lipinski definition) is 1. The number of halogens is 2. The first-order chi connectivity index (χ1) is 8.60. The van der Waals surface area contributed by atoms with Crippen LogP contribution in [-0.4, -0.2) is 0 Å². The Kier molecular flexibility index (Phi) is 4.15. The lowest BCUT2D eigenvalue weighted by Crippen LogP contribution is -1.92. The van der Waals surface area contributed by atoms with Gasteiger partial charge in [-0.25, -0.2) is 0 Å². The minimum atomic E-state index is 0.427. The molecule has 0 aliphatic rings. The third kappa shape index (κ3) is 2.98. The Morgan fingerprint density at radius 2 is 1.78 bits per heavy atom. The van der Waals surface area contributed by atoms with Gasteiger partial charge >= 0.3 is 0 Å². The van der Waals surface area contributed by atoms with Crippen LogP contribution in [0.15, 0.2) is 36.4 Å². The van der Waals surface area contributed by atoms with Crippen molar-refractivity contribution in [2.24, 2.45) is 0 Å². The molecule has 0 fully saturated rings. The molecule has 0 saturated heterocycles. The Morgan fingerprint density at radius 1 is 1.00 bits per heavy atom. The highest BCUT2D eigenvalue weighted by molar-refractivity contribution is 6.30. The Hall–Kier alpha value is -1.18. The maximum Gasteiger partial charge on any atom is 0.131 e. The second kappa shape index (κ2) is 5.64. The van der Waals surface area contributed by atoms with Crippen molar-refractivity contribution in [1.29, 1.82) is 0 Å². The number of hydrogen-bond donors (Lipinski definition) is 0. The van der Waals surface area contributed by atoms with Crippen LogP contribution in [0, 0.1) is 13.8 Å². The van der Waals surface area contributed by atoms with Crippen molar-refractivity contribution >= 4 is 23.2 Å². The summed E-state index contributed by atoms with van der Waals surface area (Å²) in [5.41, 5.74) is 3.19. The van der Waals surface area contributed by atoms with Crippen molar-refractivity contribution in [3.63, 3.8) is 0 Å². The van der Waals surface area contributed by atoms with E-state index in [4.69, 9.17) is 27.9 Å². The molecule has 2 aromatic carbocycles. The summed E-state index contributed by atoms with van der Waals surface area (Å²) in [4.78, 5) is 0. The fourth-order valence-electron chi connectivity index (χ4n) is 1.71. The van der Waals surface area contributed by atoms with Crippen molar-refractivity contribution in [2.45, 2.75) is 19.7 Å². The van der Waals surface area contributed by atoms with E-state index in [2.05, 4.69) is 0 Å². The molecule has 0 aliphatic heterocycles. The Morgan fingerprint density at radius 3 is 2.50 bits per heavy atom. The van der Waals surface area contributed by atoms with Gasteiger partial charge in [0.2, 0.25) is 0 Å². The van der Waals surface area contributed by atoms with E-state index in [1.807, 2.05) is 50.2 Å². The molecule has 2 rings (SSSR count). The summed E-state index contributed by atoms with van der Waals surface area (Å²) in [7, 11) is 0. The molecule has 1 nitrogen and oxygen atoms in total. The lowest BCUT2D eigenvalue weighted by molar-refractivity contribution is 0.474. The van der Waals surface area contributed by atoms with Crippen LogP contribution in [0.5, 0.6) is 11.5 Å².